The van der Waals surface area contributed by atoms with Crippen LogP contribution in [0.25, 0.3) is 54.3 Å². The highest BCUT2D eigenvalue weighted by molar-refractivity contribution is 9.10. The van der Waals surface area contributed by atoms with Gasteiger partial charge in [0.15, 0.2) is 0 Å². The highest BCUT2D eigenvalue weighted by Crippen LogP contribution is 2.39. The maximum Gasteiger partial charge on any atom is 0.496 e. The molecule has 0 spiro atoms. The van der Waals surface area contributed by atoms with E-state index in [1.54, 1.807) is 12.4 Å². The van der Waals surface area contributed by atoms with Gasteiger partial charge in [-0.15, -0.1) is 0 Å². The molecule has 0 saturated carbocycles. The Hall–Kier alpha value is -6.98. The van der Waals surface area contributed by atoms with Gasteiger partial charge in [0.1, 0.15) is 27.9 Å². The molecule has 0 bridgehead atoms. The SMILES string of the molecule is Brc1cccc(Nc2ccccn2)n1.CC1(C)OB(c2c3ccccc3cc3ccccc23)OC1(C)C.c1ccc(Nc2cccc(-c3c4ccccc4cc4ccccc34)n2)nc1. The molecule has 0 aliphatic carbocycles. The van der Waals surface area contributed by atoms with Crippen LogP contribution < -0.4 is 16.1 Å². The molecular weight excluding hydrogens is 855 g/mol. The number of fused-ring (bicyclic) bond motifs is 4. The number of benzene rings is 6. The Bertz CT molecular complexity index is 3100. The number of nitrogens with one attached hydrogen (secondary N) is 2. The van der Waals surface area contributed by atoms with Gasteiger partial charge in [0.25, 0.3) is 0 Å². The van der Waals surface area contributed by atoms with Crippen LogP contribution in [0.1, 0.15) is 27.7 Å². The molecule has 64 heavy (non-hydrogen) atoms. The zero-order chi connectivity index (χ0) is 44.1. The first-order valence-corrected chi connectivity index (χ1v) is 22.0. The molecule has 0 atom stereocenters. The lowest BCUT2D eigenvalue weighted by Gasteiger charge is -2.32. The maximum absolute atomic E-state index is 6.34. The number of hydrogen-bond donors (Lipinski definition) is 2. The average Bonchev–Trinajstić information content (AvgIpc) is 3.53. The van der Waals surface area contributed by atoms with Crippen LogP contribution in [-0.4, -0.2) is 38.3 Å². The smallest absolute Gasteiger partial charge is 0.399 e. The van der Waals surface area contributed by atoms with E-state index in [-0.39, 0.29) is 18.3 Å². The van der Waals surface area contributed by atoms with Gasteiger partial charge in [-0.3, -0.25) is 0 Å². The van der Waals surface area contributed by atoms with Crippen LogP contribution in [0.5, 0.6) is 0 Å². The van der Waals surface area contributed by atoms with Crippen molar-refractivity contribution < 1.29 is 9.31 Å². The molecule has 10 aromatic rings. The third-order valence-corrected chi connectivity index (χ3v) is 12.1. The van der Waals surface area contributed by atoms with Crippen molar-refractivity contribution in [1.82, 2.24) is 19.9 Å². The van der Waals surface area contributed by atoms with Crippen molar-refractivity contribution in [3.63, 3.8) is 0 Å². The standard InChI is InChI=1S/C24H17N3.C20H21BO2.C10H8BrN3/c1-3-10-19-17(8-1)16-18-9-2-4-11-20(18)24(19)21-12-7-14-23(26-21)27-22-13-5-6-15-25-22;1-19(2)20(3,4)23-21(22-19)18-16-11-7-5-9-14(16)13-15-10-6-8-12-17(15)18;11-8-4-3-6-10(13-8)14-9-5-1-2-7-12-9/h1-16H,(H,25,26,27);5-13H,1-4H3;1-7H,(H,12,13,14). The number of rotatable bonds is 6. The molecule has 10 heteroatoms. The molecule has 0 unspecified atom stereocenters. The number of hydrogen-bond acceptors (Lipinski definition) is 8. The summed E-state index contributed by atoms with van der Waals surface area (Å²) in [5, 5.41) is 16.1. The predicted octanol–water partition coefficient (Wildman–Crippen LogP) is 13.5. The molecule has 0 radical (unpaired) electrons. The summed E-state index contributed by atoms with van der Waals surface area (Å²) in [5.74, 6) is 3.13. The topological polar surface area (TPSA) is 94.1 Å². The first-order chi connectivity index (χ1) is 31.1. The number of aromatic nitrogens is 4. The molecule has 5 heterocycles. The number of pyridine rings is 4. The zero-order valence-corrected chi connectivity index (χ0v) is 37.6. The van der Waals surface area contributed by atoms with Gasteiger partial charge in [0.2, 0.25) is 0 Å². The average molecular weight is 902 g/mol. The lowest BCUT2D eigenvalue weighted by Crippen LogP contribution is -2.41. The van der Waals surface area contributed by atoms with Gasteiger partial charge in [0.05, 0.1) is 16.9 Å². The molecule has 8 nitrogen and oxygen atoms in total. The molecular formula is C54H46BBrN6O2. The van der Waals surface area contributed by atoms with E-state index in [0.717, 1.165) is 44.6 Å². The van der Waals surface area contributed by atoms with E-state index < -0.39 is 0 Å². The third kappa shape index (κ3) is 9.21. The summed E-state index contributed by atoms with van der Waals surface area (Å²) in [6.45, 7) is 8.39. The predicted molar refractivity (Wildman–Crippen MR) is 269 cm³/mol. The Kier molecular flexibility index (Phi) is 12.2. The highest BCUT2D eigenvalue weighted by Gasteiger charge is 2.52. The fourth-order valence-corrected chi connectivity index (χ4v) is 8.15. The van der Waals surface area contributed by atoms with E-state index in [1.165, 1.54) is 43.1 Å². The summed E-state index contributed by atoms with van der Waals surface area (Å²) in [4.78, 5) is 17.6. The summed E-state index contributed by atoms with van der Waals surface area (Å²) in [6.07, 6.45) is 3.50. The van der Waals surface area contributed by atoms with Crippen LogP contribution in [0.3, 0.4) is 0 Å². The van der Waals surface area contributed by atoms with Crippen LogP contribution >= 0.6 is 15.9 Å². The molecule has 0 amide bonds. The van der Waals surface area contributed by atoms with E-state index in [2.05, 4.69) is 184 Å². The van der Waals surface area contributed by atoms with E-state index in [4.69, 9.17) is 14.3 Å². The minimum atomic E-state index is -0.351. The Morgan fingerprint density at radius 3 is 1.31 bits per heavy atom. The molecule has 6 aromatic carbocycles. The lowest BCUT2D eigenvalue weighted by molar-refractivity contribution is 0.00578. The van der Waals surface area contributed by atoms with Crippen molar-refractivity contribution in [2.75, 3.05) is 10.6 Å². The van der Waals surface area contributed by atoms with Gasteiger partial charge < -0.3 is 19.9 Å². The molecule has 1 fully saturated rings. The van der Waals surface area contributed by atoms with Crippen molar-refractivity contribution in [1.29, 1.82) is 0 Å². The third-order valence-electron chi connectivity index (χ3n) is 11.6. The molecule has 4 aromatic heterocycles. The second-order valence-corrected chi connectivity index (χ2v) is 17.3. The Morgan fingerprint density at radius 1 is 0.438 bits per heavy atom. The summed E-state index contributed by atoms with van der Waals surface area (Å²) < 4.78 is 13.5. The van der Waals surface area contributed by atoms with Crippen molar-refractivity contribution in [2.24, 2.45) is 0 Å². The highest BCUT2D eigenvalue weighted by atomic mass is 79.9. The van der Waals surface area contributed by atoms with Crippen LogP contribution in [0.2, 0.25) is 0 Å². The van der Waals surface area contributed by atoms with E-state index in [9.17, 15) is 0 Å². The molecule has 314 valence electrons. The molecule has 1 saturated heterocycles. The Labute approximate surface area is 382 Å². The second kappa shape index (κ2) is 18.4. The molecule has 11 rings (SSSR count). The Balaban J connectivity index is 0.000000128. The first kappa shape index (κ1) is 42.3. The van der Waals surface area contributed by atoms with Gasteiger partial charge in [-0.05, 0) is 153 Å². The van der Waals surface area contributed by atoms with E-state index in [0.29, 0.717) is 0 Å². The molecule has 2 N–H and O–H groups in total. The van der Waals surface area contributed by atoms with Crippen molar-refractivity contribution in [3.05, 3.63) is 199 Å². The zero-order valence-electron chi connectivity index (χ0n) is 36.0. The van der Waals surface area contributed by atoms with Gasteiger partial charge in [-0.25, -0.2) is 19.9 Å². The van der Waals surface area contributed by atoms with Crippen LogP contribution in [0.15, 0.2) is 199 Å². The van der Waals surface area contributed by atoms with Gasteiger partial charge in [-0.2, -0.15) is 0 Å². The molecule has 1 aliphatic rings. The minimum Gasteiger partial charge on any atom is -0.399 e. The summed E-state index contributed by atoms with van der Waals surface area (Å²) in [5.41, 5.74) is 2.57. The normalized spacial score (nSPS) is 13.8. The van der Waals surface area contributed by atoms with Crippen LogP contribution in [-0.2, 0) is 9.31 Å². The number of nitrogens with zero attached hydrogens (tertiary/aromatic N) is 4. The number of anilines is 4. The van der Waals surface area contributed by atoms with Gasteiger partial charge >= 0.3 is 7.12 Å². The van der Waals surface area contributed by atoms with E-state index in [1.807, 2.05) is 66.7 Å². The molecule has 1 aliphatic heterocycles. The monoisotopic (exact) mass is 900 g/mol. The maximum atomic E-state index is 6.34. The first-order valence-electron chi connectivity index (χ1n) is 21.2. The lowest BCUT2D eigenvalue weighted by atomic mass is 9.73. The summed E-state index contributed by atoms with van der Waals surface area (Å²) in [7, 11) is -0.351. The quantitative estimate of drug-likeness (QED) is 0.0968. The van der Waals surface area contributed by atoms with Gasteiger partial charge in [-0.1, -0.05) is 121 Å². The van der Waals surface area contributed by atoms with Crippen LogP contribution in [0, 0.1) is 0 Å². The largest absolute Gasteiger partial charge is 0.496 e. The number of halogens is 1. The fourth-order valence-electron chi connectivity index (χ4n) is 7.81. The second-order valence-electron chi connectivity index (χ2n) is 16.4. The Morgan fingerprint density at radius 2 is 0.844 bits per heavy atom. The van der Waals surface area contributed by atoms with Crippen molar-refractivity contribution in [2.45, 2.75) is 38.9 Å². The summed E-state index contributed by atoms with van der Waals surface area (Å²) in [6, 6.07) is 61.6. The van der Waals surface area contributed by atoms with Crippen molar-refractivity contribution >= 4 is 94.9 Å². The minimum absolute atomic E-state index is 0.338. The van der Waals surface area contributed by atoms with Gasteiger partial charge in [0, 0.05) is 18.0 Å². The summed E-state index contributed by atoms with van der Waals surface area (Å²) >= 11 is 3.30. The fraction of sp³-hybridized carbons (Fsp3) is 0.111. The van der Waals surface area contributed by atoms with Crippen molar-refractivity contribution in [3.8, 4) is 11.3 Å². The van der Waals surface area contributed by atoms with Crippen LogP contribution in [0.4, 0.5) is 23.3 Å². The van der Waals surface area contributed by atoms with E-state index >= 15 is 0 Å².